The Morgan fingerprint density at radius 1 is 1.10 bits per heavy atom. The fourth-order valence-corrected chi connectivity index (χ4v) is 2.70. The molecule has 0 bridgehead atoms. The average molecular weight is 309 g/mol. The van der Waals surface area contributed by atoms with Crippen LogP contribution in [0.1, 0.15) is 5.82 Å². The molecule has 2 nitrogen and oxygen atoms in total. The summed E-state index contributed by atoms with van der Waals surface area (Å²) < 4.78 is 15.9. The zero-order chi connectivity index (χ0) is 14.1. The van der Waals surface area contributed by atoms with E-state index in [1.165, 1.54) is 6.07 Å². The molecule has 20 heavy (non-hydrogen) atoms. The van der Waals surface area contributed by atoms with E-state index in [0.717, 1.165) is 11.0 Å². The van der Waals surface area contributed by atoms with Gasteiger partial charge in [0.15, 0.2) is 0 Å². The van der Waals surface area contributed by atoms with Crippen LogP contribution in [0.5, 0.6) is 0 Å². The lowest BCUT2D eigenvalue weighted by Crippen LogP contribution is -2.05. The summed E-state index contributed by atoms with van der Waals surface area (Å²) >= 11 is 12.0. The maximum Gasteiger partial charge on any atom is 0.148 e. The van der Waals surface area contributed by atoms with Crippen molar-refractivity contribution in [1.29, 1.82) is 0 Å². The van der Waals surface area contributed by atoms with E-state index in [0.29, 0.717) is 28.8 Å². The van der Waals surface area contributed by atoms with E-state index >= 15 is 0 Å². The highest BCUT2D eigenvalue weighted by atomic mass is 35.5. The second-order valence-electron chi connectivity index (χ2n) is 4.36. The summed E-state index contributed by atoms with van der Waals surface area (Å²) in [5.41, 5.74) is 1.94. The first kappa shape index (κ1) is 13.4. The summed E-state index contributed by atoms with van der Waals surface area (Å²) in [4.78, 5) is 4.51. The largest absolute Gasteiger partial charge is 0.292 e. The number of halogens is 3. The predicted molar refractivity (Wildman–Crippen MR) is 80.5 cm³/mol. The minimum absolute atomic E-state index is 0.322. The van der Waals surface area contributed by atoms with E-state index in [4.69, 9.17) is 23.2 Å². The highest BCUT2D eigenvalue weighted by molar-refractivity contribution is 6.32. The fraction of sp³-hybridized carbons (Fsp3) is 0.133. The van der Waals surface area contributed by atoms with Crippen LogP contribution in [0.4, 0.5) is 4.39 Å². The minimum Gasteiger partial charge on any atom is -0.292 e. The maximum absolute atomic E-state index is 14.2. The Balaban J connectivity index is 2.36. The van der Waals surface area contributed by atoms with Crippen LogP contribution in [0.25, 0.3) is 16.7 Å². The van der Waals surface area contributed by atoms with Crippen LogP contribution < -0.4 is 0 Å². The summed E-state index contributed by atoms with van der Waals surface area (Å²) in [6, 6.07) is 12.2. The van der Waals surface area contributed by atoms with Crippen molar-refractivity contribution in [2.45, 2.75) is 6.42 Å². The second kappa shape index (κ2) is 5.43. The minimum atomic E-state index is -0.378. The third kappa shape index (κ3) is 2.17. The van der Waals surface area contributed by atoms with E-state index in [1.807, 2.05) is 24.3 Å². The highest BCUT2D eigenvalue weighted by Gasteiger charge is 2.17. The monoisotopic (exact) mass is 308 g/mol. The zero-order valence-corrected chi connectivity index (χ0v) is 12.0. The molecule has 0 amide bonds. The summed E-state index contributed by atoms with van der Waals surface area (Å²) in [5.74, 6) is 0.736. The second-order valence-corrected chi connectivity index (χ2v) is 5.15. The van der Waals surface area contributed by atoms with Gasteiger partial charge >= 0.3 is 0 Å². The topological polar surface area (TPSA) is 17.8 Å². The number of rotatable bonds is 3. The molecular formula is C15H11Cl2FN2. The van der Waals surface area contributed by atoms with E-state index in [-0.39, 0.29) is 5.82 Å². The van der Waals surface area contributed by atoms with E-state index in [9.17, 15) is 4.39 Å². The van der Waals surface area contributed by atoms with Crippen molar-refractivity contribution in [3.05, 3.63) is 59.1 Å². The molecule has 0 saturated carbocycles. The van der Waals surface area contributed by atoms with Crippen molar-refractivity contribution in [2.24, 2.45) is 0 Å². The molecule has 0 spiro atoms. The Morgan fingerprint density at radius 2 is 1.90 bits per heavy atom. The van der Waals surface area contributed by atoms with Gasteiger partial charge in [0.05, 0.1) is 16.1 Å². The number of imidazole rings is 1. The van der Waals surface area contributed by atoms with Gasteiger partial charge in [-0.3, -0.25) is 4.57 Å². The number of para-hydroxylation sites is 3. The molecule has 102 valence electrons. The van der Waals surface area contributed by atoms with Gasteiger partial charge in [0.1, 0.15) is 17.3 Å². The number of hydrogen-bond acceptors (Lipinski definition) is 1. The van der Waals surface area contributed by atoms with Crippen molar-refractivity contribution < 1.29 is 4.39 Å². The summed E-state index contributed by atoms with van der Waals surface area (Å²) in [7, 11) is 0. The quantitative estimate of drug-likeness (QED) is 0.647. The first-order valence-electron chi connectivity index (χ1n) is 6.19. The van der Waals surface area contributed by atoms with Gasteiger partial charge in [0.2, 0.25) is 0 Å². The molecule has 0 aliphatic heterocycles. The van der Waals surface area contributed by atoms with Gasteiger partial charge in [-0.15, -0.1) is 11.6 Å². The van der Waals surface area contributed by atoms with Crippen molar-refractivity contribution >= 4 is 34.2 Å². The molecule has 0 radical (unpaired) electrons. The number of fused-ring (bicyclic) bond motifs is 1. The third-order valence-electron chi connectivity index (χ3n) is 3.11. The van der Waals surface area contributed by atoms with Crippen LogP contribution in [0.3, 0.4) is 0 Å². The molecule has 0 aliphatic carbocycles. The van der Waals surface area contributed by atoms with Gasteiger partial charge in [0.25, 0.3) is 0 Å². The molecule has 0 N–H and O–H groups in total. The molecule has 1 aromatic heterocycles. The molecule has 1 heterocycles. The lowest BCUT2D eigenvalue weighted by Gasteiger charge is -2.11. The fourth-order valence-electron chi connectivity index (χ4n) is 2.28. The van der Waals surface area contributed by atoms with Crippen molar-refractivity contribution in [3.63, 3.8) is 0 Å². The molecule has 3 rings (SSSR count). The molecule has 5 heteroatoms. The SMILES string of the molecule is Fc1cccc(Cl)c1-n1c(CCCl)nc2ccccc21. The van der Waals surface area contributed by atoms with Crippen LogP contribution in [0.15, 0.2) is 42.5 Å². The van der Waals surface area contributed by atoms with Gasteiger partial charge in [-0.1, -0.05) is 29.8 Å². The predicted octanol–water partition coefficient (Wildman–Crippen LogP) is 4.60. The van der Waals surface area contributed by atoms with Gasteiger partial charge in [-0.05, 0) is 24.3 Å². The standard InChI is InChI=1S/C15H11Cl2FN2/c16-9-8-14-19-12-6-1-2-7-13(12)20(14)15-10(17)4-3-5-11(15)18/h1-7H,8-9H2. The Hall–Kier alpha value is -1.58. The van der Waals surface area contributed by atoms with Crippen LogP contribution in [0.2, 0.25) is 5.02 Å². The molecule has 2 aromatic carbocycles. The van der Waals surface area contributed by atoms with Crippen LogP contribution >= 0.6 is 23.2 Å². The van der Waals surface area contributed by atoms with Crippen LogP contribution in [-0.4, -0.2) is 15.4 Å². The molecule has 0 unspecified atom stereocenters. The summed E-state index contributed by atoms with van der Waals surface area (Å²) in [5, 5.41) is 0.351. The zero-order valence-electron chi connectivity index (χ0n) is 10.5. The highest BCUT2D eigenvalue weighted by Crippen LogP contribution is 2.29. The number of aryl methyl sites for hydroxylation is 1. The Morgan fingerprint density at radius 3 is 2.65 bits per heavy atom. The van der Waals surface area contributed by atoms with E-state index < -0.39 is 0 Å². The molecule has 0 saturated heterocycles. The molecule has 0 aliphatic rings. The third-order valence-corrected chi connectivity index (χ3v) is 3.60. The Kier molecular flexibility index (Phi) is 3.64. The number of aromatic nitrogens is 2. The van der Waals surface area contributed by atoms with Crippen molar-refractivity contribution in [1.82, 2.24) is 9.55 Å². The smallest absolute Gasteiger partial charge is 0.148 e. The number of nitrogens with zero attached hydrogens (tertiary/aromatic N) is 2. The lowest BCUT2D eigenvalue weighted by atomic mass is 10.2. The number of benzene rings is 2. The van der Waals surface area contributed by atoms with Crippen LogP contribution in [0, 0.1) is 5.82 Å². The van der Waals surface area contributed by atoms with Gasteiger partial charge in [-0.2, -0.15) is 0 Å². The maximum atomic E-state index is 14.2. The number of hydrogen-bond donors (Lipinski definition) is 0. The Bertz CT molecular complexity index is 747. The van der Waals surface area contributed by atoms with Gasteiger partial charge in [-0.25, -0.2) is 9.37 Å². The Labute approximate surface area is 125 Å². The van der Waals surface area contributed by atoms with Crippen LogP contribution in [-0.2, 0) is 6.42 Å². The molecule has 0 fully saturated rings. The van der Waals surface area contributed by atoms with Gasteiger partial charge in [0, 0.05) is 12.3 Å². The summed E-state index contributed by atoms with van der Waals surface area (Å²) in [6.45, 7) is 0. The normalized spacial score (nSPS) is 11.2. The average Bonchev–Trinajstić information content (AvgIpc) is 2.78. The first-order valence-corrected chi connectivity index (χ1v) is 7.10. The first-order chi connectivity index (χ1) is 9.72. The molecular weight excluding hydrogens is 298 g/mol. The van der Waals surface area contributed by atoms with Crippen molar-refractivity contribution in [2.75, 3.05) is 5.88 Å². The number of alkyl halides is 1. The van der Waals surface area contributed by atoms with E-state index in [2.05, 4.69) is 4.98 Å². The van der Waals surface area contributed by atoms with E-state index in [1.54, 1.807) is 16.7 Å². The summed E-state index contributed by atoms with van der Waals surface area (Å²) in [6.07, 6.45) is 0.543. The molecule has 0 atom stereocenters. The molecule has 3 aromatic rings. The van der Waals surface area contributed by atoms with Gasteiger partial charge < -0.3 is 0 Å². The lowest BCUT2D eigenvalue weighted by molar-refractivity contribution is 0.617. The van der Waals surface area contributed by atoms with Crippen molar-refractivity contribution in [3.8, 4) is 5.69 Å².